The molecule has 7 heteroatoms. The topological polar surface area (TPSA) is 74.1 Å². The van der Waals surface area contributed by atoms with Crippen molar-refractivity contribution in [2.24, 2.45) is 0 Å². The zero-order valence-corrected chi connectivity index (χ0v) is 12.7. The molecular formula is C16H15N5O2. The lowest BCUT2D eigenvalue weighted by Crippen LogP contribution is -2.25. The maximum Gasteiger partial charge on any atom is 0.186 e. The van der Waals surface area contributed by atoms with E-state index >= 15 is 0 Å². The molecule has 0 bridgehead atoms. The summed E-state index contributed by atoms with van der Waals surface area (Å²) in [7, 11) is 3.24. The van der Waals surface area contributed by atoms with E-state index in [0.717, 1.165) is 22.6 Å². The number of hydrogen-bond acceptors (Lipinski definition) is 6. The molecule has 0 amide bonds. The number of anilines is 1. The smallest absolute Gasteiger partial charge is 0.186 e. The van der Waals surface area contributed by atoms with E-state index < -0.39 is 0 Å². The highest BCUT2D eigenvalue weighted by atomic mass is 16.5. The second-order valence-corrected chi connectivity index (χ2v) is 5.15. The number of hydrogen-bond donors (Lipinski definition) is 1. The average molecular weight is 309 g/mol. The van der Waals surface area contributed by atoms with E-state index in [0.29, 0.717) is 11.5 Å². The van der Waals surface area contributed by atoms with E-state index in [1.54, 1.807) is 18.9 Å². The van der Waals surface area contributed by atoms with Crippen LogP contribution in [0.1, 0.15) is 11.7 Å². The predicted octanol–water partition coefficient (Wildman–Crippen LogP) is 2.33. The van der Waals surface area contributed by atoms with Gasteiger partial charge in [-0.2, -0.15) is 4.68 Å². The predicted molar refractivity (Wildman–Crippen MR) is 84.6 cm³/mol. The number of nitrogens with zero attached hydrogens (tertiary/aromatic N) is 4. The molecular weight excluding hydrogens is 294 g/mol. The molecule has 0 saturated heterocycles. The van der Waals surface area contributed by atoms with E-state index in [1.165, 1.54) is 0 Å². The van der Waals surface area contributed by atoms with E-state index in [9.17, 15) is 0 Å². The van der Waals surface area contributed by atoms with Gasteiger partial charge in [-0.3, -0.25) is 0 Å². The highest BCUT2D eigenvalue weighted by Crippen LogP contribution is 2.38. The van der Waals surface area contributed by atoms with E-state index in [4.69, 9.17) is 9.47 Å². The second-order valence-electron chi connectivity index (χ2n) is 5.15. The first-order chi connectivity index (χ1) is 11.3. The van der Waals surface area contributed by atoms with E-state index in [1.807, 2.05) is 42.5 Å². The van der Waals surface area contributed by atoms with Crippen molar-refractivity contribution in [1.29, 1.82) is 0 Å². The van der Waals surface area contributed by atoms with Crippen LogP contribution in [0, 0.1) is 0 Å². The van der Waals surface area contributed by atoms with Crippen molar-refractivity contribution in [2.75, 3.05) is 19.5 Å². The van der Waals surface area contributed by atoms with Gasteiger partial charge in [0.2, 0.25) is 0 Å². The average Bonchev–Trinajstić information content (AvgIpc) is 3.10. The van der Waals surface area contributed by atoms with Gasteiger partial charge < -0.3 is 14.8 Å². The van der Waals surface area contributed by atoms with Crippen LogP contribution in [0.4, 0.5) is 5.69 Å². The summed E-state index contributed by atoms with van der Waals surface area (Å²) < 4.78 is 12.5. The van der Waals surface area contributed by atoms with Gasteiger partial charge >= 0.3 is 0 Å². The van der Waals surface area contributed by atoms with Gasteiger partial charge in [0.1, 0.15) is 0 Å². The van der Waals surface area contributed by atoms with Gasteiger partial charge in [0.15, 0.2) is 23.5 Å². The number of methoxy groups -OCH3 is 2. The molecule has 1 aliphatic heterocycles. The zero-order valence-electron chi connectivity index (χ0n) is 12.7. The van der Waals surface area contributed by atoms with Crippen LogP contribution < -0.4 is 14.8 Å². The highest BCUT2D eigenvalue weighted by molar-refractivity contribution is 5.76. The Morgan fingerprint density at radius 1 is 1.04 bits per heavy atom. The number of aromatic nitrogens is 4. The number of nitrogens with one attached hydrogen (secondary N) is 1. The monoisotopic (exact) mass is 309 g/mol. The SMILES string of the molecule is COc1ccc(C2Nc3ccccc3-c3nnnn32)cc1OC. The Balaban J connectivity index is 1.83. The molecule has 1 aromatic heterocycles. The first-order valence-corrected chi connectivity index (χ1v) is 7.17. The van der Waals surface area contributed by atoms with Crippen molar-refractivity contribution in [1.82, 2.24) is 20.2 Å². The van der Waals surface area contributed by atoms with Crippen LogP contribution in [0.3, 0.4) is 0 Å². The number of tetrazole rings is 1. The van der Waals surface area contributed by atoms with Crippen LogP contribution in [-0.2, 0) is 0 Å². The quantitative estimate of drug-likeness (QED) is 0.800. The fraction of sp³-hybridized carbons (Fsp3) is 0.188. The summed E-state index contributed by atoms with van der Waals surface area (Å²) in [6.07, 6.45) is -0.213. The van der Waals surface area contributed by atoms with Crippen molar-refractivity contribution < 1.29 is 9.47 Å². The fourth-order valence-corrected chi connectivity index (χ4v) is 2.80. The molecule has 0 saturated carbocycles. The van der Waals surface area contributed by atoms with Crippen molar-refractivity contribution >= 4 is 5.69 Å². The van der Waals surface area contributed by atoms with Gasteiger partial charge in [0.25, 0.3) is 0 Å². The minimum Gasteiger partial charge on any atom is -0.493 e. The minimum atomic E-state index is -0.213. The Morgan fingerprint density at radius 2 is 1.87 bits per heavy atom. The molecule has 1 aliphatic rings. The van der Waals surface area contributed by atoms with Gasteiger partial charge in [0, 0.05) is 16.8 Å². The van der Waals surface area contributed by atoms with Gasteiger partial charge in [-0.05, 0) is 34.7 Å². The number of benzene rings is 2. The number of rotatable bonds is 3. The van der Waals surface area contributed by atoms with Crippen LogP contribution in [0.15, 0.2) is 42.5 Å². The summed E-state index contributed by atoms with van der Waals surface area (Å²) in [6, 6.07) is 13.7. The van der Waals surface area contributed by atoms with Crippen molar-refractivity contribution in [3.05, 3.63) is 48.0 Å². The minimum absolute atomic E-state index is 0.213. The second kappa shape index (κ2) is 5.28. The van der Waals surface area contributed by atoms with E-state index in [-0.39, 0.29) is 6.17 Å². The van der Waals surface area contributed by atoms with Crippen molar-refractivity contribution in [3.63, 3.8) is 0 Å². The van der Waals surface area contributed by atoms with Crippen LogP contribution in [0.25, 0.3) is 11.4 Å². The van der Waals surface area contributed by atoms with Crippen LogP contribution in [0.5, 0.6) is 11.5 Å². The Labute approximate surface area is 132 Å². The number of fused-ring (bicyclic) bond motifs is 3. The third-order valence-electron chi connectivity index (χ3n) is 3.92. The molecule has 116 valence electrons. The Kier molecular flexibility index (Phi) is 3.11. The fourth-order valence-electron chi connectivity index (χ4n) is 2.80. The van der Waals surface area contributed by atoms with Gasteiger partial charge in [-0.1, -0.05) is 18.2 Å². The normalized spacial score (nSPS) is 15.3. The standard InChI is InChI=1S/C16H15N5O2/c1-22-13-8-7-10(9-14(13)23-2)15-17-12-6-4-3-5-11(12)16-18-19-20-21(15)16/h3-9,15,17H,1-2H3. The van der Waals surface area contributed by atoms with Crippen molar-refractivity contribution in [2.45, 2.75) is 6.17 Å². The lowest BCUT2D eigenvalue weighted by molar-refractivity contribution is 0.354. The third-order valence-corrected chi connectivity index (χ3v) is 3.92. The lowest BCUT2D eigenvalue weighted by Gasteiger charge is -2.27. The molecule has 1 N–H and O–H groups in total. The van der Waals surface area contributed by atoms with Gasteiger partial charge in [0.05, 0.1) is 14.2 Å². The molecule has 4 rings (SSSR count). The molecule has 0 aliphatic carbocycles. The first kappa shape index (κ1) is 13.6. The number of para-hydroxylation sites is 1. The summed E-state index contributed by atoms with van der Waals surface area (Å²) in [4.78, 5) is 0. The van der Waals surface area contributed by atoms with Gasteiger partial charge in [-0.15, -0.1) is 5.10 Å². The molecule has 1 atom stereocenters. The van der Waals surface area contributed by atoms with Crippen LogP contribution >= 0.6 is 0 Å². The van der Waals surface area contributed by atoms with Gasteiger partial charge in [-0.25, -0.2) is 0 Å². The Morgan fingerprint density at radius 3 is 2.70 bits per heavy atom. The van der Waals surface area contributed by atoms with Crippen LogP contribution in [-0.4, -0.2) is 34.4 Å². The third kappa shape index (κ3) is 2.09. The maximum atomic E-state index is 5.39. The molecule has 0 spiro atoms. The summed E-state index contributed by atoms with van der Waals surface area (Å²) >= 11 is 0. The molecule has 0 fully saturated rings. The molecule has 23 heavy (non-hydrogen) atoms. The summed E-state index contributed by atoms with van der Waals surface area (Å²) in [5, 5.41) is 15.6. The molecule has 7 nitrogen and oxygen atoms in total. The largest absolute Gasteiger partial charge is 0.493 e. The summed E-state index contributed by atoms with van der Waals surface area (Å²) in [5.74, 6) is 2.09. The molecule has 3 aromatic rings. The molecule has 2 heterocycles. The highest BCUT2D eigenvalue weighted by Gasteiger charge is 2.27. The zero-order chi connectivity index (χ0) is 15.8. The van der Waals surface area contributed by atoms with Crippen LogP contribution in [0.2, 0.25) is 0 Å². The van der Waals surface area contributed by atoms with E-state index in [2.05, 4.69) is 20.8 Å². The lowest BCUT2D eigenvalue weighted by atomic mass is 10.1. The first-order valence-electron chi connectivity index (χ1n) is 7.17. The molecule has 0 radical (unpaired) electrons. The summed E-state index contributed by atoms with van der Waals surface area (Å²) in [6.45, 7) is 0. The molecule has 2 aromatic carbocycles. The molecule has 1 unspecified atom stereocenters. The number of ether oxygens (including phenoxy) is 2. The Hall–Kier alpha value is -3.09. The maximum absolute atomic E-state index is 5.39. The Bertz CT molecular complexity index is 861. The summed E-state index contributed by atoms with van der Waals surface area (Å²) in [5.41, 5.74) is 2.95. The van der Waals surface area contributed by atoms with Crippen molar-refractivity contribution in [3.8, 4) is 22.9 Å².